The van der Waals surface area contributed by atoms with Crippen LogP contribution in [0.3, 0.4) is 0 Å². The van der Waals surface area contributed by atoms with Crippen molar-refractivity contribution < 1.29 is 4.52 Å². The van der Waals surface area contributed by atoms with Gasteiger partial charge in [0.15, 0.2) is 5.76 Å². The van der Waals surface area contributed by atoms with Gasteiger partial charge in [-0.3, -0.25) is 0 Å². The molecular weight excluding hydrogens is 304 g/mol. The SMILES string of the molecule is CC(C)CNCc1noc2c1Cc1c(Br)cccc1-2. The fourth-order valence-electron chi connectivity index (χ4n) is 2.48. The van der Waals surface area contributed by atoms with Crippen molar-refractivity contribution in [2.24, 2.45) is 5.92 Å². The Labute approximate surface area is 121 Å². The van der Waals surface area contributed by atoms with Crippen molar-refractivity contribution in [2.45, 2.75) is 26.8 Å². The lowest BCUT2D eigenvalue weighted by atomic mass is 10.1. The molecule has 1 aromatic carbocycles. The lowest BCUT2D eigenvalue weighted by Gasteiger charge is -2.05. The van der Waals surface area contributed by atoms with E-state index < -0.39 is 0 Å². The largest absolute Gasteiger partial charge is 0.356 e. The molecule has 100 valence electrons. The lowest BCUT2D eigenvalue weighted by Crippen LogP contribution is -2.19. The molecule has 0 amide bonds. The molecule has 1 aliphatic carbocycles. The Hall–Kier alpha value is -1.13. The van der Waals surface area contributed by atoms with Gasteiger partial charge in [0.1, 0.15) is 5.69 Å². The lowest BCUT2D eigenvalue weighted by molar-refractivity contribution is 0.418. The first-order valence-corrected chi connectivity index (χ1v) is 7.42. The Kier molecular flexibility index (Phi) is 3.46. The van der Waals surface area contributed by atoms with E-state index in [1.165, 1.54) is 16.7 Å². The minimum Gasteiger partial charge on any atom is -0.356 e. The van der Waals surface area contributed by atoms with Gasteiger partial charge in [-0.05, 0) is 24.1 Å². The van der Waals surface area contributed by atoms with Crippen LogP contribution in [0, 0.1) is 5.92 Å². The van der Waals surface area contributed by atoms with Gasteiger partial charge in [0.25, 0.3) is 0 Å². The number of fused-ring (bicyclic) bond motifs is 3. The second kappa shape index (κ2) is 5.10. The van der Waals surface area contributed by atoms with Crippen LogP contribution in [0.2, 0.25) is 0 Å². The van der Waals surface area contributed by atoms with Crippen LogP contribution >= 0.6 is 15.9 Å². The number of hydrogen-bond donors (Lipinski definition) is 1. The fourth-order valence-corrected chi connectivity index (χ4v) is 2.99. The molecule has 3 rings (SSSR count). The molecule has 0 radical (unpaired) electrons. The normalized spacial score (nSPS) is 12.8. The Bertz CT molecular complexity index is 604. The van der Waals surface area contributed by atoms with Crippen molar-refractivity contribution in [1.82, 2.24) is 10.5 Å². The summed E-state index contributed by atoms with van der Waals surface area (Å²) in [5.74, 6) is 1.59. The van der Waals surface area contributed by atoms with E-state index in [1.54, 1.807) is 0 Å². The molecule has 0 unspecified atom stereocenters. The zero-order valence-corrected chi connectivity index (χ0v) is 12.8. The van der Waals surface area contributed by atoms with Crippen LogP contribution in [0.15, 0.2) is 27.2 Å². The second-order valence-corrected chi connectivity index (χ2v) is 6.26. The minimum atomic E-state index is 0.645. The predicted octanol–water partition coefficient (Wildman–Crippen LogP) is 3.75. The molecule has 1 N–H and O–H groups in total. The predicted molar refractivity (Wildman–Crippen MR) is 79.0 cm³/mol. The Morgan fingerprint density at radius 3 is 3.00 bits per heavy atom. The summed E-state index contributed by atoms with van der Waals surface area (Å²) in [7, 11) is 0. The number of nitrogens with one attached hydrogen (secondary N) is 1. The van der Waals surface area contributed by atoms with E-state index in [9.17, 15) is 0 Å². The third kappa shape index (κ3) is 2.35. The van der Waals surface area contributed by atoms with E-state index in [2.05, 4.69) is 52.4 Å². The van der Waals surface area contributed by atoms with E-state index in [1.807, 2.05) is 6.07 Å². The molecule has 0 fully saturated rings. The molecule has 0 saturated carbocycles. The van der Waals surface area contributed by atoms with E-state index >= 15 is 0 Å². The van der Waals surface area contributed by atoms with Gasteiger partial charge in [0, 0.05) is 28.6 Å². The maximum atomic E-state index is 5.54. The van der Waals surface area contributed by atoms with Gasteiger partial charge in [-0.25, -0.2) is 0 Å². The van der Waals surface area contributed by atoms with Crippen LogP contribution in [0.1, 0.15) is 30.7 Å². The molecule has 2 aromatic rings. The number of halogens is 1. The molecule has 0 atom stereocenters. The zero-order chi connectivity index (χ0) is 13.4. The summed E-state index contributed by atoms with van der Waals surface area (Å²) >= 11 is 3.61. The van der Waals surface area contributed by atoms with Crippen molar-refractivity contribution in [3.8, 4) is 11.3 Å². The average Bonchev–Trinajstić information content (AvgIpc) is 2.90. The van der Waals surface area contributed by atoms with Crippen molar-refractivity contribution >= 4 is 15.9 Å². The van der Waals surface area contributed by atoms with Gasteiger partial charge in [-0.15, -0.1) is 0 Å². The summed E-state index contributed by atoms with van der Waals surface area (Å²) in [6.45, 7) is 6.18. The van der Waals surface area contributed by atoms with Gasteiger partial charge in [0.05, 0.1) is 0 Å². The molecule has 4 heteroatoms. The van der Waals surface area contributed by atoms with E-state index in [-0.39, 0.29) is 0 Å². The molecule has 0 bridgehead atoms. The van der Waals surface area contributed by atoms with E-state index in [0.717, 1.165) is 35.4 Å². The molecule has 1 aliphatic rings. The van der Waals surface area contributed by atoms with Crippen molar-refractivity contribution in [1.29, 1.82) is 0 Å². The highest BCUT2D eigenvalue weighted by Crippen LogP contribution is 2.41. The van der Waals surface area contributed by atoms with Crippen LogP contribution in [-0.2, 0) is 13.0 Å². The highest BCUT2D eigenvalue weighted by Gasteiger charge is 2.27. The third-order valence-corrected chi connectivity index (χ3v) is 4.17. The number of nitrogens with zero attached hydrogens (tertiary/aromatic N) is 1. The molecule has 1 heterocycles. The van der Waals surface area contributed by atoms with E-state index in [0.29, 0.717) is 5.92 Å². The summed E-state index contributed by atoms with van der Waals surface area (Å²) in [6.07, 6.45) is 0.911. The van der Waals surface area contributed by atoms with Gasteiger partial charge < -0.3 is 9.84 Å². The van der Waals surface area contributed by atoms with Crippen LogP contribution in [0.5, 0.6) is 0 Å². The van der Waals surface area contributed by atoms with Crippen LogP contribution in [0.4, 0.5) is 0 Å². The van der Waals surface area contributed by atoms with Gasteiger partial charge in [-0.2, -0.15) is 0 Å². The molecule has 19 heavy (non-hydrogen) atoms. The Morgan fingerprint density at radius 1 is 1.37 bits per heavy atom. The molecule has 1 aromatic heterocycles. The molecule has 3 nitrogen and oxygen atoms in total. The number of rotatable bonds is 4. The fraction of sp³-hybridized carbons (Fsp3) is 0.400. The monoisotopic (exact) mass is 320 g/mol. The first-order chi connectivity index (χ1) is 9.16. The average molecular weight is 321 g/mol. The zero-order valence-electron chi connectivity index (χ0n) is 11.2. The number of benzene rings is 1. The van der Waals surface area contributed by atoms with Gasteiger partial charge in [-0.1, -0.05) is 47.1 Å². The quantitative estimate of drug-likeness (QED) is 0.795. The third-order valence-electron chi connectivity index (χ3n) is 3.43. The smallest absolute Gasteiger partial charge is 0.171 e. The number of hydrogen-bond acceptors (Lipinski definition) is 3. The summed E-state index contributed by atoms with van der Waals surface area (Å²) in [6, 6.07) is 6.22. The number of aromatic nitrogens is 1. The van der Waals surface area contributed by atoms with Crippen molar-refractivity contribution in [3.63, 3.8) is 0 Å². The second-order valence-electron chi connectivity index (χ2n) is 5.40. The summed E-state index contributed by atoms with van der Waals surface area (Å²) in [5.41, 5.74) is 4.76. The Morgan fingerprint density at radius 2 is 2.21 bits per heavy atom. The van der Waals surface area contributed by atoms with Crippen molar-refractivity contribution in [2.75, 3.05) is 6.54 Å². The van der Waals surface area contributed by atoms with Crippen LogP contribution < -0.4 is 5.32 Å². The molecule has 0 saturated heterocycles. The maximum Gasteiger partial charge on any atom is 0.171 e. The summed E-state index contributed by atoms with van der Waals surface area (Å²) < 4.78 is 6.69. The first kappa shape index (κ1) is 12.9. The first-order valence-electron chi connectivity index (χ1n) is 6.62. The molecule has 0 spiro atoms. The maximum absolute atomic E-state index is 5.54. The van der Waals surface area contributed by atoms with Crippen molar-refractivity contribution in [3.05, 3.63) is 39.5 Å². The molecular formula is C15H17BrN2O. The van der Waals surface area contributed by atoms with Gasteiger partial charge >= 0.3 is 0 Å². The topological polar surface area (TPSA) is 38.1 Å². The van der Waals surface area contributed by atoms with Gasteiger partial charge in [0.2, 0.25) is 0 Å². The van der Waals surface area contributed by atoms with Crippen LogP contribution in [-0.4, -0.2) is 11.7 Å². The summed E-state index contributed by atoms with van der Waals surface area (Å²) in [4.78, 5) is 0. The highest BCUT2D eigenvalue weighted by molar-refractivity contribution is 9.10. The van der Waals surface area contributed by atoms with Crippen LogP contribution in [0.25, 0.3) is 11.3 Å². The highest BCUT2D eigenvalue weighted by atomic mass is 79.9. The van der Waals surface area contributed by atoms with E-state index in [4.69, 9.17) is 4.52 Å². The summed E-state index contributed by atoms with van der Waals surface area (Å²) in [5, 5.41) is 7.63. The standard InChI is InChI=1S/C15H17BrN2O/c1-9(2)7-17-8-14-12-6-11-10(15(12)19-18-14)4-3-5-13(11)16/h3-5,9,17H,6-8H2,1-2H3. The molecule has 0 aliphatic heterocycles. The Balaban J connectivity index is 1.83. The minimum absolute atomic E-state index is 0.645.